The Bertz CT molecular complexity index is 405. The van der Waals surface area contributed by atoms with E-state index in [1.54, 1.807) is 11.1 Å². The van der Waals surface area contributed by atoms with Gasteiger partial charge in [-0.15, -0.1) is 0 Å². The maximum absolute atomic E-state index is 9.17. The van der Waals surface area contributed by atoms with Crippen LogP contribution in [0.1, 0.15) is 66.7 Å². The van der Waals surface area contributed by atoms with E-state index in [2.05, 4.69) is 32.9 Å². The van der Waals surface area contributed by atoms with E-state index in [9.17, 15) is 0 Å². The standard InChI is InChI=1S/C16H27NO/c1-11-9-13-7-6-8-15(3,4)14(13)10-16(11,5)12(2)17-18/h11,18H,6-10H2,1-5H3/b17-12-/t11-,16+/m0/s1. The highest BCUT2D eigenvalue weighted by atomic mass is 16.4. The van der Waals surface area contributed by atoms with Crippen LogP contribution in [0.2, 0.25) is 0 Å². The largest absolute Gasteiger partial charge is 0.411 e. The summed E-state index contributed by atoms with van der Waals surface area (Å²) < 4.78 is 0. The second kappa shape index (κ2) is 4.40. The molecule has 2 nitrogen and oxygen atoms in total. The van der Waals surface area contributed by atoms with Gasteiger partial charge in [0.15, 0.2) is 0 Å². The molecule has 18 heavy (non-hydrogen) atoms. The number of hydrogen-bond acceptors (Lipinski definition) is 2. The molecule has 0 aliphatic heterocycles. The van der Waals surface area contributed by atoms with Crippen LogP contribution >= 0.6 is 0 Å². The van der Waals surface area contributed by atoms with Crippen molar-refractivity contribution < 1.29 is 5.21 Å². The molecule has 0 radical (unpaired) electrons. The Balaban J connectivity index is 2.41. The molecular weight excluding hydrogens is 222 g/mol. The van der Waals surface area contributed by atoms with Crippen molar-refractivity contribution in [3.63, 3.8) is 0 Å². The highest BCUT2D eigenvalue weighted by Crippen LogP contribution is 2.54. The maximum Gasteiger partial charge on any atom is 0.0604 e. The van der Waals surface area contributed by atoms with Gasteiger partial charge in [-0.25, -0.2) is 0 Å². The predicted octanol–water partition coefficient (Wildman–Crippen LogP) is 4.78. The maximum atomic E-state index is 9.17. The lowest BCUT2D eigenvalue weighted by atomic mass is 9.57. The molecular formula is C16H27NO. The van der Waals surface area contributed by atoms with Gasteiger partial charge in [-0.05, 0) is 50.4 Å². The van der Waals surface area contributed by atoms with Crippen LogP contribution in [0.3, 0.4) is 0 Å². The monoisotopic (exact) mass is 249 g/mol. The molecule has 2 aliphatic carbocycles. The fourth-order valence-corrected chi connectivity index (χ4v) is 3.85. The van der Waals surface area contributed by atoms with Crippen molar-refractivity contribution in [2.24, 2.45) is 21.9 Å². The van der Waals surface area contributed by atoms with Crippen LogP contribution in [0.15, 0.2) is 16.3 Å². The lowest BCUT2D eigenvalue weighted by Crippen LogP contribution is -2.40. The summed E-state index contributed by atoms with van der Waals surface area (Å²) in [5, 5.41) is 12.7. The summed E-state index contributed by atoms with van der Waals surface area (Å²) in [4.78, 5) is 0. The van der Waals surface area contributed by atoms with Gasteiger partial charge in [0.1, 0.15) is 0 Å². The Labute approximate surface area is 111 Å². The Morgan fingerprint density at radius 3 is 2.61 bits per heavy atom. The van der Waals surface area contributed by atoms with Crippen molar-refractivity contribution in [1.29, 1.82) is 0 Å². The zero-order valence-corrected chi connectivity index (χ0v) is 12.5. The number of allylic oxidation sites excluding steroid dienone is 2. The molecule has 2 rings (SSSR count). The summed E-state index contributed by atoms with van der Waals surface area (Å²) >= 11 is 0. The minimum Gasteiger partial charge on any atom is -0.411 e. The third kappa shape index (κ3) is 2.00. The molecule has 2 aliphatic rings. The number of oxime groups is 1. The Morgan fingerprint density at radius 2 is 2.00 bits per heavy atom. The molecule has 0 fully saturated rings. The van der Waals surface area contributed by atoms with E-state index in [-0.39, 0.29) is 5.41 Å². The Morgan fingerprint density at radius 1 is 1.33 bits per heavy atom. The molecule has 2 atom stereocenters. The van der Waals surface area contributed by atoms with E-state index in [1.807, 2.05) is 6.92 Å². The molecule has 0 aromatic heterocycles. The summed E-state index contributed by atoms with van der Waals surface area (Å²) in [5.41, 5.74) is 4.61. The molecule has 0 aromatic carbocycles. The Hall–Kier alpha value is -0.790. The van der Waals surface area contributed by atoms with Crippen LogP contribution in [-0.4, -0.2) is 10.9 Å². The van der Waals surface area contributed by atoms with E-state index in [0.29, 0.717) is 11.3 Å². The zero-order valence-electron chi connectivity index (χ0n) is 12.5. The third-order valence-electron chi connectivity index (χ3n) is 5.68. The first-order valence-electron chi connectivity index (χ1n) is 7.22. The van der Waals surface area contributed by atoms with Crippen molar-refractivity contribution in [2.75, 3.05) is 0 Å². The zero-order chi connectivity index (χ0) is 13.6. The molecule has 0 saturated heterocycles. The molecule has 2 heteroatoms. The molecule has 102 valence electrons. The summed E-state index contributed by atoms with van der Waals surface area (Å²) in [5.74, 6) is 0.570. The molecule has 0 aromatic rings. The van der Waals surface area contributed by atoms with Crippen LogP contribution in [0, 0.1) is 16.7 Å². The van der Waals surface area contributed by atoms with Crippen molar-refractivity contribution in [3.8, 4) is 0 Å². The fourth-order valence-electron chi connectivity index (χ4n) is 3.85. The molecule has 0 spiro atoms. The van der Waals surface area contributed by atoms with Crippen LogP contribution < -0.4 is 0 Å². The van der Waals surface area contributed by atoms with Crippen LogP contribution in [-0.2, 0) is 0 Å². The third-order valence-corrected chi connectivity index (χ3v) is 5.68. The van der Waals surface area contributed by atoms with Gasteiger partial charge in [0.25, 0.3) is 0 Å². The second-order valence-corrected chi connectivity index (χ2v) is 7.20. The molecule has 0 bridgehead atoms. The first kappa shape index (κ1) is 13.6. The van der Waals surface area contributed by atoms with E-state index < -0.39 is 0 Å². The average Bonchev–Trinajstić information content (AvgIpc) is 2.30. The Kier molecular flexibility index (Phi) is 3.33. The highest BCUT2D eigenvalue weighted by molar-refractivity contribution is 5.88. The molecule has 1 N–H and O–H groups in total. The van der Waals surface area contributed by atoms with E-state index >= 15 is 0 Å². The van der Waals surface area contributed by atoms with Gasteiger partial charge in [0.05, 0.1) is 5.71 Å². The van der Waals surface area contributed by atoms with Crippen LogP contribution in [0.4, 0.5) is 0 Å². The topological polar surface area (TPSA) is 32.6 Å². The van der Waals surface area contributed by atoms with Gasteiger partial charge >= 0.3 is 0 Å². The van der Waals surface area contributed by atoms with Gasteiger partial charge < -0.3 is 5.21 Å². The summed E-state index contributed by atoms with van der Waals surface area (Å²) in [6.07, 6.45) is 6.18. The van der Waals surface area contributed by atoms with Crippen LogP contribution in [0.25, 0.3) is 0 Å². The van der Waals surface area contributed by atoms with E-state index in [0.717, 1.165) is 12.1 Å². The van der Waals surface area contributed by atoms with Crippen molar-refractivity contribution >= 4 is 5.71 Å². The summed E-state index contributed by atoms with van der Waals surface area (Å²) in [6, 6.07) is 0. The van der Waals surface area contributed by atoms with Gasteiger partial charge in [-0.1, -0.05) is 44.0 Å². The lowest BCUT2D eigenvalue weighted by molar-refractivity contribution is 0.214. The molecule has 0 heterocycles. The number of rotatable bonds is 1. The lowest BCUT2D eigenvalue weighted by Gasteiger charge is -2.48. The second-order valence-electron chi connectivity index (χ2n) is 7.20. The molecule has 0 amide bonds. The summed E-state index contributed by atoms with van der Waals surface area (Å²) in [6.45, 7) is 11.3. The molecule has 0 unspecified atom stereocenters. The van der Waals surface area contributed by atoms with Gasteiger partial charge in [-0.3, -0.25) is 0 Å². The quantitative estimate of drug-likeness (QED) is 0.308. The highest BCUT2D eigenvalue weighted by Gasteiger charge is 2.44. The average molecular weight is 249 g/mol. The van der Waals surface area contributed by atoms with Crippen molar-refractivity contribution in [1.82, 2.24) is 0 Å². The normalized spacial score (nSPS) is 36.5. The van der Waals surface area contributed by atoms with E-state index in [1.165, 1.54) is 25.7 Å². The first-order chi connectivity index (χ1) is 8.31. The summed E-state index contributed by atoms with van der Waals surface area (Å²) in [7, 11) is 0. The minimum absolute atomic E-state index is 0.0300. The van der Waals surface area contributed by atoms with Gasteiger partial charge in [0.2, 0.25) is 0 Å². The fraction of sp³-hybridized carbons (Fsp3) is 0.812. The van der Waals surface area contributed by atoms with Crippen molar-refractivity contribution in [2.45, 2.75) is 66.7 Å². The minimum atomic E-state index is 0.0300. The smallest absolute Gasteiger partial charge is 0.0604 e. The van der Waals surface area contributed by atoms with Crippen LogP contribution in [0.5, 0.6) is 0 Å². The SMILES string of the molecule is C/C(=N/O)[C@]1(C)CC2=C(CCCC2(C)C)C[C@@H]1C. The number of nitrogens with zero attached hydrogens (tertiary/aromatic N) is 1. The predicted molar refractivity (Wildman–Crippen MR) is 76.1 cm³/mol. The van der Waals surface area contributed by atoms with E-state index in [4.69, 9.17) is 5.21 Å². The van der Waals surface area contributed by atoms with Gasteiger partial charge in [-0.2, -0.15) is 0 Å². The van der Waals surface area contributed by atoms with Gasteiger partial charge in [0, 0.05) is 5.41 Å². The molecule has 0 saturated carbocycles. The first-order valence-corrected chi connectivity index (χ1v) is 7.22. The number of hydrogen-bond donors (Lipinski definition) is 1. The van der Waals surface area contributed by atoms with Crippen molar-refractivity contribution in [3.05, 3.63) is 11.1 Å².